The summed E-state index contributed by atoms with van der Waals surface area (Å²) in [5.41, 5.74) is -0.887. The second kappa shape index (κ2) is 7.55. The summed E-state index contributed by atoms with van der Waals surface area (Å²) in [6.07, 6.45) is -4.78. The van der Waals surface area contributed by atoms with Crippen LogP contribution in [-0.4, -0.2) is 8.42 Å². The Hall–Kier alpha value is -3.00. The van der Waals surface area contributed by atoms with Gasteiger partial charge in [-0.05, 0) is 49.4 Å². The Morgan fingerprint density at radius 3 is 2.11 bits per heavy atom. The molecule has 0 radical (unpaired) electrons. The third-order valence-corrected chi connectivity index (χ3v) is 5.23. The molecule has 8 heteroatoms. The van der Waals surface area contributed by atoms with E-state index in [2.05, 4.69) is 0 Å². The van der Waals surface area contributed by atoms with E-state index in [0.29, 0.717) is 5.75 Å². The molecular weight excluding hydrogens is 391 g/mol. The normalized spacial score (nSPS) is 11.9. The van der Waals surface area contributed by atoms with Gasteiger partial charge in [0, 0.05) is 0 Å². The van der Waals surface area contributed by atoms with Crippen molar-refractivity contribution in [3.63, 3.8) is 0 Å². The third kappa shape index (κ3) is 4.64. The summed E-state index contributed by atoms with van der Waals surface area (Å²) in [5.74, 6) is 0.306. The molecule has 3 aromatic carbocycles. The topological polar surface area (TPSA) is 55.4 Å². The summed E-state index contributed by atoms with van der Waals surface area (Å²) in [4.78, 5) is -0.129. The van der Waals surface area contributed by atoms with Gasteiger partial charge >= 0.3 is 6.18 Å². The number of benzene rings is 3. The quantitative estimate of drug-likeness (QED) is 0.598. The SMILES string of the molecule is Cc1ccc(S(=O)(=O)Nc2ccc(Oc3ccccc3)cc2C(F)(F)F)cc1. The van der Waals surface area contributed by atoms with Crippen molar-refractivity contribution in [1.82, 2.24) is 0 Å². The first-order valence-corrected chi connectivity index (χ1v) is 9.67. The fourth-order valence-electron chi connectivity index (χ4n) is 2.46. The van der Waals surface area contributed by atoms with Gasteiger partial charge in [0.05, 0.1) is 16.1 Å². The van der Waals surface area contributed by atoms with Crippen LogP contribution in [0.3, 0.4) is 0 Å². The predicted octanol–water partition coefficient (Wildman–Crippen LogP) is 5.61. The van der Waals surface area contributed by atoms with Gasteiger partial charge in [0.15, 0.2) is 0 Å². The zero-order valence-electron chi connectivity index (χ0n) is 14.7. The minimum Gasteiger partial charge on any atom is -0.457 e. The maximum atomic E-state index is 13.5. The Morgan fingerprint density at radius 2 is 1.50 bits per heavy atom. The van der Waals surface area contributed by atoms with Crippen molar-refractivity contribution in [3.8, 4) is 11.5 Å². The molecule has 0 unspecified atom stereocenters. The van der Waals surface area contributed by atoms with Gasteiger partial charge in [-0.1, -0.05) is 35.9 Å². The van der Waals surface area contributed by atoms with Crippen LogP contribution >= 0.6 is 0 Å². The Bertz CT molecular complexity index is 1060. The largest absolute Gasteiger partial charge is 0.457 e. The first kappa shape index (κ1) is 19.8. The van der Waals surface area contributed by atoms with Gasteiger partial charge in [0.2, 0.25) is 0 Å². The van der Waals surface area contributed by atoms with Gasteiger partial charge in [-0.2, -0.15) is 13.2 Å². The van der Waals surface area contributed by atoms with E-state index in [9.17, 15) is 21.6 Å². The van der Waals surface area contributed by atoms with E-state index in [-0.39, 0.29) is 10.6 Å². The van der Waals surface area contributed by atoms with E-state index < -0.39 is 27.5 Å². The lowest BCUT2D eigenvalue weighted by atomic mass is 10.1. The smallest absolute Gasteiger partial charge is 0.418 e. The van der Waals surface area contributed by atoms with Crippen LogP contribution in [0.25, 0.3) is 0 Å². The summed E-state index contributed by atoms with van der Waals surface area (Å²) in [5, 5.41) is 0. The number of anilines is 1. The number of ether oxygens (including phenoxy) is 1. The lowest BCUT2D eigenvalue weighted by Crippen LogP contribution is -2.17. The zero-order valence-corrected chi connectivity index (χ0v) is 15.5. The van der Waals surface area contributed by atoms with Crippen molar-refractivity contribution in [2.75, 3.05) is 4.72 Å². The van der Waals surface area contributed by atoms with E-state index in [4.69, 9.17) is 4.74 Å². The molecule has 0 aliphatic heterocycles. The van der Waals surface area contributed by atoms with Gasteiger partial charge in [-0.3, -0.25) is 4.72 Å². The molecule has 0 spiro atoms. The molecule has 0 bridgehead atoms. The van der Waals surface area contributed by atoms with Crippen molar-refractivity contribution in [1.29, 1.82) is 0 Å². The molecular formula is C20H16F3NO3S. The number of hydrogen-bond acceptors (Lipinski definition) is 3. The molecule has 4 nitrogen and oxygen atoms in total. The average molecular weight is 407 g/mol. The zero-order chi connectivity index (χ0) is 20.4. The first-order valence-electron chi connectivity index (χ1n) is 8.19. The minimum absolute atomic E-state index is 0.0585. The highest BCUT2D eigenvalue weighted by atomic mass is 32.2. The minimum atomic E-state index is -4.78. The molecule has 1 N–H and O–H groups in total. The summed E-state index contributed by atoms with van der Waals surface area (Å²) < 4.78 is 72.9. The van der Waals surface area contributed by atoms with E-state index in [1.54, 1.807) is 49.4 Å². The Balaban J connectivity index is 1.95. The molecule has 3 aromatic rings. The number of rotatable bonds is 5. The fraction of sp³-hybridized carbons (Fsp3) is 0.100. The number of alkyl halides is 3. The van der Waals surface area contributed by atoms with E-state index >= 15 is 0 Å². The molecule has 0 heterocycles. The highest BCUT2D eigenvalue weighted by molar-refractivity contribution is 7.92. The van der Waals surface area contributed by atoms with Crippen molar-refractivity contribution >= 4 is 15.7 Å². The summed E-state index contributed by atoms with van der Waals surface area (Å²) in [6, 6.07) is 17.2. The molecule has 146 valence electrons. The molecule has 0 aliphatic carbocycles. The second-order valence-corrected chi connectivity index (χ2v) is 7.72. The molecule has 0 fully saturated rings. The number of aryl methyl sites for hydroxylation is 1. The van der Waals surface area contributed by atoms with Crippen molar-refractivity contribution < 1.29 is 26.3 Å². The van der Waals surface area contributed by atoms with E-state index in [1.807, 2.05) is 4.72 Å². The van der Waals surface area contributed by atoms with Crippen LogP contribution in [0.15, 0.2) is 77.7 Å². The number of hydrogen-bond donors (Lipinski definition) is 1. The third-order valence-electron chi connectivity index (χ3n) is 3.85. The number of nitrogens with one attached hydrogen (secondary N) is 1. The van der Waals surface area contributed by atoms with Crippen LogP contribution in [0.2, 0.25) is 0 Å². The number of halogens is 3. The van der Waals surface area contributed by atoms with Gasteiger partial charge in [0.25, 0.3) is 10.0 Å². The van der Waals surface area contributed by atoms with Crippen LogP contribution < -0.4 is 9.46 Å². The van der Waals surface area contributed by atoms with Crippen LogP contribution in [0.1, 0.15) is 11.1 Å². The van der Waals surface area contributed by atoms with E-state index in [1.165, 1.54) is 18.2 Å². The van der Waals surface area contributed by atoms with Crippen LogP contribution in [0.5, 0.6) is 11.5 Å². The maximum Gasteiger partial charge on any atom is 0.418 e. The molecule has 0 amide bonds. The van der Waals surface area contributed by atoms with Gasteiger partial charge in [0.1, 0.15) is 11.5 Å². The van der Waals surface area contributed by atoms with Gasteiger partial charge in [-0.25, -0.2) is 8.42 Å². The Morgan fingerprint density at radius 1 is 0.857 bits per heavy atom. The summed E-state index contributed by atoms with van der Waals surface area (Å²) >= 11 is 0. The standard InChI is InChI=1S/C20H16F3NO3S/c1-14-7-10-17(11-8-14)28(25,26)24-19-12-9-16(13-18(19)20(21,22)23)27-15-5-3-2-4-6-15/h2-13,24H,1H3. The first-order chi connectivity index (χ1) is 13.1. The molecule has 0 atom stereocenters. The van der Waals surface area contributed by atoms with Crippen molar-refractivity contribution in [2.24, 2.45) is 0 Å². The van der Waals surface area contributed by atoms with Crippen LogP contribution in [0, 0.1) is 6.92 Å². The molecule has 0 aliphatic rings. The maximum absolute atomic E-state index is 13.5. The van der Waals surface area contributed by atoms with Crippen LogP contribution in [0.4, 0.5) is 18.9 Å². The summed E-state index contributed by atoms with van der Waals surface area (Å²) in [6.45, 7) is 1.77. The number of sulfonamides is 1. The van der Waals surface area contributed by atoms with Crippen LogP contribution in [-0.2, 0) is 16.2 Å². The molecule has 0 aromatic heterocycles. The fourth-order valence-corrected chi connectivity index (χ4v) is 3.54. The lowest BCUT2D eigenvalue weighted by molar-refractivity contribution is -0.137. The second-order valence-electron chi connectivity index (χ2n) is 6.04. The Kier molecular flexibility index (Phi) is 5.33. The lowest BCUT2D eigenvalue weighted by Gasteiger charge is -2.16. The van der Waals surface area contributed by atoms with Crippen molar-refractivity contribution in [2.45, 2.75) is 18.0 Å². The highest BCUT2D eigenvalue weighted by Gasteiger charge is 2.35. The number of para-hydroxylation sites is 1. The molecule has 0 saturated heterocycles. The van der Waals surface area contributed by atoms with Crippen molar-refractivity contribution in [3.05, 3.63) is 83.9 Å². The highest BCUT2D eigenvalue weighted by Crippen LogP contribution is 2.38. The van der Waals surface area contributed by atoms with Gasteiger partial charge in [-0.15, -0.1) is 0 Å². The van der Waals surface area contributed by atoms with E-state index in [0.717, 1.165) is 17.7 Å². The molecule has 0 saturated carbocycles. The Labute approximate surface area is 160 Å². The average Bonchev–Trinajstić information content (AvgIpc) is 2.63. The van der Waals surface area contributed by atoms with Gasteiger partial charge < -0.3 is 4.74 Å². The monoisotopic (exact) mass is 407 g/mol. The predicted molar refractivity (Wildman–Crippen MR) is 99.9 cm³/mol. The summed E-state index contributed by atoms with van der Waals surface area (Å²) in [7, 11) is -4.18. The molecule has 3 rings (SSSR count). The molecule has 28 heavy (non-hydrogen) atoms.